The molecule has 2 unspecified atom stereocenters. The van der Waals surface area contributed by atoms with Gasteiger partial charge in [0.25, 0.3) is 0 Å². The molecule has 0 amide bonds. The largest absolute Gasteiger partial charge is 0.378 e. The van der Waals surface area contributed by atoms with Crippen LogP contribution in [0.1, 0.15) is 52.9 Å². The fourth-order valence-electron chi connectivity index (χ4n) is 3.75. The van der Waals surface area contributed by atoms with Crippen molar-refractivity contribution in [2.24, 2.45) is 16.3 Å². The average Bonchev–Trinajstić information content (AvgIpc) is 2.93. The summed E-state index contributed by atoms with van der Waals surface area (Å²) in [5, 5.41) is 7.06. The van der Waals surface area contributed by atoms with Crippen LogP contribution in [0.3, 0.4) is 0 Å². The highest BCUT2D eigenvalue weighted by atomic mass is 16.5. The third-order valence-electron chi connectivity index (χ3n) is 4.90. The van der Waals surface area contributed by atoms with Crippen molar-refractivity contribution in [3.05, 3.63) is 0 Å². The van der Waals surface area contributed by atoms with Gasteiger partial charge in [0.15, 0.2) is 5.96 Å². The van der Waals surface area contributed by atoms with Gasteiger partial charge >= 0.3 is 0 Å². The first-order chi connectivity index (χ1) is 9.62. The van der Waals surface area contributed by atoms with Crippen LogP contribution in [0.25, 0.3) is 0 Å². The molecule has 0 aromatic rings. The normalized spacial score (nSPS) is 28.8. The molecule has 2 aliphatic rings. The molecule has 0 saturated heterocycles. The molecule has 4 heteroatoms. The van der Waals surface area contributed by atoms with E-state index in [4.69, 9.17) is 4.74 Å². The molecule has 20 heavy (non-hydrogen) atoms. The minimum absolute atomic E-state index is 0.367. The number of ether oxygens (including phenoxy) is 1. The van der Waals surface area contributed by atoms with Gasteiger partial charge in [-0.3, -0.25) is 4.99 Å². The molecule has 0 bridgehead atoms. The van der Waals surface area contributed by atoms with Crippen LogP contribution in [0.15, 0.2) is 4.99 Å². The number of hydrogen-bond acceptors (Lipinski definition) is 2. The molecule has 2 saturated carbocycles. The van der Waals surface area contributed by atoms with Crippen LogP contribution in [0.4, 0.5) is 0 Å². The molecule has 0 aromatic heterocycles. The summed E-state index contributed by atoms with van der Waals surface area (Å²) < 4.78 is 5.96. The number of nitrogens with one attached hydrogen (secondary N) is 2. The van der Waals surface area contributed by atoms with Crippen LogP contribution in [0.5, 0.6) is 0 Å². The molecule has 0 aliphatic heterocycles. The lowest BCUT2D eigenvalue weighted by atomic mass is 9.60. The molecule has 2 fully saturated rings. The Balaban J connectivity index is 1.92. The number of nitrogens with zero attached hydrogens (tertiary/aromatic N) is 1. The minimum atomic E-state index is 0.367. The monoisotopic (exact) mass is 281 g/mol. The topological polar surface area (TPSA) is 45.6 Å². The van der Waals surface area contributed by atoms with Crippen molar-refractivity contribution < 1.29 is 4.74 Å². The number of hydrogen-bond donors (Lipinski definition) is 2. The van der Waals surface area contributed by atoms with Crippen LogP contribution in [0, 0.1) is 11.3 Å². The first kappa shape index (κ1) is 15.6. The summed E-state index contributed by atoms with van der Waals surface area (Å²) in [6, 6.07) is 0.528. The standard InChI is InChI=1S/C16H31N3O/c1-5-20-14-10-13(16(14)8-6-7-9-16)19-15(17-4)18-11-12(2)3/h12-14H,5-11H2,1-4H3,(H2,17,18,19). The predicted octanol–water partition coefficient (Wildman–Crippen LogP) is 2.55. The van der Waals surface area contributed by atoms with Crippen molar-refractivity contribution in [3.8, 4) is 0 Å². The summed E-state index contributed by atoms with van der Waals surface area (Å²) in [5.41, 5.74) is 0.367. The molecule has 116 valence electrons. The minimum Gasteiger partial charge on any atom is -0.378 e. The molecule has 2 aliphatic carbocycles. The van der Waals surface area contributed by atoms with Gasteiger partial charge in [-0.05, 0) is 32.1 Å². The Kier molecular flexibility index (Phi) is 5.30. The average molecular weight is 281 g/mol. The zero-order valence-corrected chi connectivity index (χ0v) is 13.5. The van der Waals surface area contributed by atoms with Crippen LogP contribution in [0.2, 0.25) is 0 Å². The SMILES string of the molecule is CCOC1CC(NC(=NC)NCC(C)C)C12CCCC2. The third-order valence-corrected chi connectivity index (χ3v) is 4.90. The number of aliphatic imine (C=N–C) groups is 1. The highest BCUT2D eigenvalue weighted by Crippen LogP contribution is 2.54. The maximum Gasteiger partial charge on any atom is 0.191 e. The molecule has 2 rings (SSSR count). The summed E-state index contributed by atoms with van der Waals surface area (Å²) in [4.78, 5) is 4.36. The quantitative estimate of drug-likeness (QED) is 0.601. The Morgan fingerprint density at radius 3 is 2.60 bits per heavy atom. The molecular weight excluding hydrogens is 250 g/mol. The Morgan fingerprint density at radius 1 is 1.35 bits per heavy atom. The summed E-state index contributed by atoms with van der Waals surface area (Å²) in [7, 11) is 1.86. The van der Waals surface area contributed by atoms with E-state index in [9.17, 15) is 0 Å². The summed E-state index contributed by atoms with van der Waals surface area (Å²) in [5.74, 6) is 1.58. The van der Waals surface area contributed by atoms with Crippen LogP contribution >= 0.6 is 0 Å². The molecular formula is C16H31N3O. The molecule has 2 N–H and O–H groups in total. The predicted molar refractivity (Wildman–Crippen MR) is 84.1 cm³/mol. The zero-order chi connectivity index (χ0) is 14.6. The lowest BCUT2D eigenvalue weighted by molar-refractivity contribution is -0.125. The Hall–Kier alpha value is -0.770. The van der Waals surface area contributed by atoms with Gasteiger partial charge in [-0.15, -0.1) is 0 Å². The maximum absolute atomic E-state index is 5.96. The fraction of sp³-hybridized carbons (Fsp3) is 0.938. The van der Waals surface area contributed by atoms with E-state index in [0.717, 1.165) is 25.5 Å². The Labute approximate surface area is 123 Å². The Morgan fingerprint density at radius 2 is 2.05 bits per heavy atom. The summed E-state index contributed by atoms with van der Waals surface area (Å²) in [6.07, 6.45) is 6.87. The van der Waals surface area contributed by atoms with E-state index >= 15 is 0 Å². The van der Waals surface area contributed by atoms with Gasteiger partial charge in [0.1, 0.15) is 0 Å². The van der Waals surface area contributed by atoms with E-state index < -0.39 is 0 Å². The van der Waals surface area contributed by atoms with Gasteiger partial charge in [-0.2, -0.15) is 0 Å². The second-order valence-corrected chi connectivity index (χ2v) is 6.66. The molecule has 2 atom stereocenters. The first-order valence-corrected chi connectivity index (χ1v) is 8.21. The van der Waals surface area contributed by atoms with E-state index in [1.54, 1.807) is 0 Å². The Bertz CT molecular complexity index is 335. The van der Waals surface area contributed by atoms with Gasteiger partial charge in [-0.1, -0.05) is 26.7 Å². The van der Waals surface area contributed by atoms with Crippen molar-refractivity contribution >= 4 is 5.96 Å². The van der Waals surface area contributed by atoms with Crippen molar-refractivity contribution in [2.45, 2.75) is 65.0 Å². The van der Waals surface area contributed by atoms with Crippen molar-refractivity contribution in [1.82, 2.24) is 10.6 Å². The molecule has 0 heterocycles. The van der Waals surface area contributed by atoms with E-state index in [1.807, 2.05) is 7.05 Å². The van der Waals surface area contributed by atoms with E-state index in [-0.39, 0.29) is 0 Å². The lowest BCUT2D eigenvalue weighted by Gasteiger charge is -2.54. The van der Waals surface area contributed by atoms with Gasteiger partial charge < -0.3 is 15.4 Å². The van der Waals surface area contributed by atoms with Crippen molar-refractivity contribution in [2.75, 3.05) is 20.2 Å². The second-order valence-electron chi connectivity index (χ2n) is 6.66. The lowest BCUT2D eigenvalue weighted by Crippen LogP contribution is -2.65. The number of rotatable bonds is 5. The van der Waals surface area contributed by atoms with E-state index in [0.29, 0.717) is 23.5 Å². The van der Waals surface area contributed by atoms with Crippen molar-refractivity contribution in [3.63, 3.8) is 0 Å². The summed E-state index contributed by atoms with van der Waals surface area (Å²) in [6.45, 7) is 8.33. The van der Waals surface area contributed by atoms with Gasteiger partial charge in [-0.25, -0.2) is 0 Å². The molecule has 0 radical (unpaired) electrons. The first-order valence-electron chi connectivity index (χ1n) is 8.21. The van der Waals surface area contributed by atoms with Gasteiger partial charge in [0.05, 0.1) is 6.10 Å². The van der Waals surface area contributed by atoms with Gasteiger partial charge in [0.2, 0.25) is 0 Å². The fourth-order valence-corrected chi connectivity index (χ4v) is 3.75. The third kappa shape index (κ3) is 3.11. The van der Waals surface area contributed by atoms with Crippen LogP contribution in [-0.4, -0.2) is 38.3 Å². The molecule has 1 spiro atoms. The number of guanidine groups is 1. The van der Waals surface area contributed by atoms with Crippen LogP contribution < -0.4 is 10.6 Å². The molecule has 0 aromatic carbocycles. The molecule has 4 nitrogen and oxygen atoms in total. The van der Waals surface area contributed by atoms with E-state index in [1.165, 1.54) is 25.7 Å². The maximum atomic E-state index is 5.96. The highest BCUT2D eigenvalue weighted by molar-refractivity contribution is 5.80. The van der Waals surface area contributed by atoms with Gasteiger partial charge in [0, 0.05) is 31.7 Å². The van der Waals surface area contributed by atoms with Crippen LogP contribution in [-0.2, 0) is 4.74 Å². The second kappa shape index (κ2) is 6.79. The zero-order valence-electron chi connectivity index (χ0n) is 13.5. The van der Waals surface area contributed by atoms with E-state index in [2.05, 4.69) is 36.4 Å². The summed E-state index contributed by atoms with van der Waals surface area (Å²) >= 11 is 0. The highest BCUT2D eigenvalue weighted by Gasteiger charge is 2.56. The van der Waals surface area contributed by atoms with Crippen molar-refractivity contribution in [1.29, 1.82) is 0 Å². The smallest absolute Gasteiger partial charge is 0.191 e.